The Morgan fingerprint density at radius 1 is 1.12 bits per heavy atom. The van der Waals surface area contributed by atoms with Gasteiger partial charge in [0.1, 0.15) is 0 Å². The molecular weight excluding hydrogens is 421 g/mol. The molecule has 0 bridgehead atoms. The topological polar surface area (TPSA) is 21.3 Å². The molecule has 0 saturated heterocycles. The van der Waals surface area contributed by atoms with E-state index in [4.69, 9.17) is 4.43 Å². The molecule has 0 saturated carbocycles. The number of hydrogen-bond acceptors (Lipinski definition) is 2. The van der Waals surface area contributed by atoms with Crippen LogP contribution in [0.25, 0.3) is 0 Å². The van der Waals surface area contributed by atoms with Crippen LogP contribution >= 0.6 is 0 Å². The van der Waals surface area contributed by atoms with E-state index < -0.39 is 16.4 Å². The molecule has 0 aromatic carbocycles. The summed E-state index contributed by atoms with van der Waals surface area (Å²) in [6.45, 7) is 22.6. The normalized spacial score (nSPS) is 16.6. The summed E-state index contributed by atoms with van der Waals surface area (Å²) in [6, 6.07) is 1.25. The smallest absolute Gasteiger partial charge is 1.00 e. The molecule has 1 N–H and O–H groups in total. The van der Waals surface area contributed by atoms with Gasteiger partial charge >= 0.3 is 21.7 Å². The summed E-state index contributed by atoms with van der Waals surface area (Å²) in [5.74, 6) is 0.976. The van der Waals surface area contributed by atoms with Crippen molar-refractivity contribution in [2.75, 3.05) is 0 Å². The van der Waals surface area contributed by atoms with Gasteiger partial charge in [0.05, 0.1) is 0 Å². The van der Waals surface area contributed by atoms with Gasteiger partial charge in [-0.3, -0.25) is 0 Å². The molecule has 1 aliphatic rings. The Hall–Kier alpha value is 0.548. The number of hydrogen-bond donors (Lipinski definition) is 1. The van der Waals surface area contributed by atoms with Gasteiger partial charge in [0, 0.05) is 19.4 Å². The molecule has 0 unspecified atom stereocenters. The Balaban J connectivity index is -0.00000161. The van der Waals surface area contributed by atoms with Gasteiger partial charge in [-0.05, 0) is 46.1 Å². The molecule has 1 aliphatic carbocycles. The summed E-state index contributed by atoms with van der Waals surface area (Å²) in [7, 11) is -2.97. The van der Waals surface area contributed by atoms with Crippen LogP contribution in [0.3, 0.4) is 0 Å². The maximum atomic E-state index is 6.30. The van der Waals surface area contributed by atoms with Gasteiger partial charge in [-0.2, -0.15) is 5.57 Å². The molecule has 7 heteroatoms. The average molecular weight is 455 g/mol. The van der Waals surface area contributed by atoms with Crippen LogP contribution in [-0.2, 0) is 26.1 Å². The van der Waals surface area contributed by atoms with E-state index in [1.54, 1.807) is 0 Å². The summed E-state index contributed by atoms with van der Waals surface area (Å²) in [4.78, 5) is 0. The predicted molar refractivity (Wildman–Crippen MR) is 103 cm³/mol. The Kier molecular flexibility index (Phi) is 13.0. The molecule has 25 heavy (non-hydrogen) atoms. The van der Waals surface area contributed by atoms with Crippen molar-refractivity contribution >= 4 is 16.4 Å². The number of nitrogens with one attached hydrogen (secondary N) is 1. The van der Waals surface area contributed by atoms with E-state index in [0.29, 0.717) is 0 Å². The van der Waals surface area contributed by atoms with Crippen molar-refractivity contribution in [1.29, 1.82) is 0 Å². The number of rotatable bonds is 5. The second kappa shape index (κ2) is 10.8. The third-order valence-electron chi connectivity index (χ3n) is 4.00. The van der Waals surface area contributed by atoms with Gasteiger partial charge in [-0.25, -0.2) is 0 Å². The molecule has 0 aromatic rings. The fourth-order valence-corrected chi connectivity index (χ4v) is 4.36. The van der Waals surface area contributed by atoms with Crippen molar-refractivity contribution in [1.82, 2.24) is 5.32 Å². The Morgan fingerprint density at radius 2 is 1.60 bits per heavy atom. The first-order valence-corrected chi connectivity index (χ1v) is 14.9. The second-order valence-electron chi connectivity index (χ2n) is 8.87. The molecule has 0 amide bonds. The minimum absolute atomic E-state index is 0. The summed E-state index contributed by atoms with van der Waals surface area (Å²) in [5, 5.41) is 5.07. The SMILES string of the molecule is CC[Si](C)(C)C(C)=C1[C-]=C(NC(C)(C)C)C(O[Si](C)(C)C)=C1.[Cl-].[Cl-].[Ti+3]. The summed E-state index contributed by atoms with van der Waals surface area (Å²) in [5.41, 5.74) is 2.26. The fraction of sp³-hybridized carbons (Fsp3) is 0.667. The zero-order chi connectivity index (χ0) is 17.3. The van der Waals surface area contributed by atoms with E-state index in [1.165, 1.54) is 16.8 Å². The van der Waals surface area contributed by atoms with E-state index in [9.17, 15) is 0 Å². The predicted octanol–water partition coefficient (Wildman–Crippen LogP) is -0.600. The summed E-state index contributed by atoms with van der Waals surface area (Å²) < 4.78 is 6.30. The van der Waals surface area contributed by atoms with Crippen molar-refractivity contribution in [3.05, 3.63) is 34.4 Å². The molecule has 0 heterocycles. The maximum Gasteiger partial charge on any atom is 3.00 e. The fourth-order valence-electron chi connectivity index (χ4n) is 2.15. The largest absolute Gasteiger partial charge is 3.00 e. The van der Waals surface area contributed by atoms with E-state index in [0.717, 1.165) is 11.5 Å². The molecule has 0 fully saturated rings. The summed E-state index contributed by atoms with van der Waals surface area (Å²) >= 11 is 0. The minimum atomic E-state index is -1.64. The van der Waals surface area contributed by atoms with Crippen LogP contribution < -0.4 is 30.1 Å². The number of allylic oxidation sites excluding steroid dienone is 4. The van der Waals surface area contributed by atoms with Gasteiger partial charge < -0.3 is 34.6 Å². The van der Waals surface area contributed by atoms with Crippen LogP contribution in [0, 0.1) is 6.08 Å². The second-order valence-corrected chi connectivity index (χ2v) is 18.5. The molecule has 0 spiro atoms. The van der Waals surface area contributed by atoms with Crippen molar-refractivity contribution in [3.8, 4) is 0 Å². The van der Waals surface area contributed by atoms with Crippen LogP contribution in [0.1, 0.15) is 34.6 Å². The van der Waals surface area contributed by atoms with E-state index in [-0.39, 0.29) is 52.1 Å². The zero-order valence-electron chi connectivity index (χ0n) is 17.4. The van der Waals surface area contributed by atoms with Crippen LogP contribution in [0.15, 0.2) is 28.3 Å². The van der Waals surface area contributed by atoms with E-state index >= 15 is 0 Å². The van der Waals surface area contributed by atoms with Crippen LogP contribution in [-0.4, -0.2) is 21.9 Å². The first-order valence-electron chi connectivity index (χ1n) is 8.30. The van der Waals surface area contributed by atoms with Crippen molar-refractivity contribution < 1.29 is 51.0 Å². The third-order valence-corrected chi connectivity index (χ3v) is 8.90. The zero-order valence-corrected chi connectivity index (χ0v) is 22.5. The molecule has 0 atom stereocenters. The first-order chi connectivity index (χ1) is 9.75. The van der Waals surface area contributed by atoms with Crippen molar-refractivity contribution in [2.45, 2.75) is 78.9 Å². The molecule has 0 aliphatic heterocycles. The molecule has 2 nitrogen and oxygen atoms in total. The average Bonchev–Trinajstić information content (AvgIpc) is 2.66. The van der Waals surface area contributed by atoms with E-state index in [1.807, 2.05) is 0 Å². The Morgan fingerprint density at radius 3 is 1.96 bits per heavy atom. The molecule has 143 valence electrons. The monoisotopic (exact) mass is 454 g/mol. The van der Waals surface area contributed by atoms with Crippen molar-refractivity contribution in [2.24, 2.45) is 0 Å². The van der Waals surface area contributed by atoms with E-state index in [2.05, 4.69) is 84.8 Å². The maximum absolute atomic E-state index is 6.30. The Bertz CT molecular complexity index is 496. The van der Waals surface area contributed by atoms with Crippen LogP contribution in [0.4, 0.5) is 0 Å². The molecule has 1 radical (unpaired) electrons. The number of halogens is 2. The van der Waals surface area contributed by atoms with Crippen LogP contribution in [0.2, 0.25) is 38.8 Å². The van der Waals surface area contributed by atoms with Gasteiger partial charge in [0.2, 0.25) is 8.32 Å². The van der Waals surface area contributed by atoms with Crippen LogP contribution in [0.5, 0.6) is 0 Å². The Labute approximate surface area is 185 Å². The quantitative estimate of drug-likeness (QED) is 0.442. The van der Waals surface area contributed by atoms with Gasteiger partial charge in [0.25, 0.3) is 0 Å². The third kappa shape index (κ3) is 9.88. The van der Waals surface area contributed by atoms with Gasteiger partial charge in [0.15, 0.2) is 0 Å². The minimum Gasteiger partial charge on any atom is -1.00 e. The standard InChI is InChI=1S/C18H34NOSi2.2ClH.Ti/c1-11-22(9,10)14(2)15-12-16(19-18(3,4)5)17(13-15)20-21(6,7)8;;;/h13,19H,11H2,1-10H3;2*1H;/q-1;;;+3/p-2. The first kappa shape index (κ1) is 30.3. The molecule has 0 aromatic heterocycles. The van der Waals surface area contributed by atoms with Gasteiger partial charge in [-0.1, -0.05) is 33.0 Å². The summed E-state index contributed by atoms with van der Waals surface area (Å²) in [6.07, 6.45) is 5.79. The molecular formula is C18H34Cl2NOSi2Ti. The van der Waals surface area contributed by atoms with Gasteiger partial charge in [-0.15, -0.1) is 17.3 Å². The molecule has 1 rings (SSSR count). The van der Waals surface area contributed by atoms with Crippen molar-refractivity contribution in [3.63, 3.8) is 0 Å².